The Morgan fingerprint density at radius 3 is 2.76 bits per heavy atom. The van der Waals surface area contributed by atoms with Gasteiger partial charge < -0.3 is 5.32 Å². The Balaban J connectivity index is 2.14. The molecule has 2 rings (SSSR count). The van der Waals surface area contributed by atoms with Crippen LogP contribution in [-0.2, 0) is 4.79 Å². The molecule has 114 valence electrons. The SMILES string of the molecule is CC(C)CNC(=O)C(C)Sc1nnc2c(Cl)cc(Cl)cn12. The number of hydrogen-bond donors (Lipinski definition) is 1. The smallest absolute Gasteiger partial charge is 0.233 e. The highest BCUT2D eigenvalue weighted by Crippen LogP contribution is 2.27. The molecule has 0 aliphatic rings. The van der Waals surface area contributed by atoms with Crippen LogP contribution in [-0.4, -0.2) is 32.3 Å². The Kier molecular flexibility index (Phi) is 5.35. The molecule has 5 nitrogen and oxygen atoms in total. The first-order valence-electron chi connectivity index (χ1n) is 6.52. The molecule has 0 spiro atoms. The van der Waals surface area contributed by atoms with E-state index in [1.54, 1.807) is 16.7 Å². The highest BCUT2D eigenvalue weighted by Gasteiger charge is 2.18. The zero-order chi connectivity index (χ0) is 15.6. The Hall–Kier alpha value is -0.980. The largest absolute Gasteiger partial charge is 0.355 e. The minimum absolute atomic E-state index is 0.0291. The fourth-order valence-corrected chi connectivity index (χ4v) is 3.00. The second-order valence-electron chi connectivity index (χ2n) is 5.08. The van der Waals surface area contributed by atoms with Gasteiger partial charge in [-0.25, -0.2) is 0 Å². The molecule has 1 N–H and O–H groups in total. The summed E-state index contributed by atoms with van der Waals surface area (Å²) < 4.78 is 1.70. The molecule has 0 aliphatic heterocycles. The highest BCUT2D eigenvalue weighted by atomic mass is 35.5. The summed E-state index contributed by atoms with van der Waals surface area (Å²) in [5, 5.41) is 12.2. The van der Waals surface area contributed by atoms with Crippen molar-refractivity contribution in [1.29, 1.82) is 0 Å². The number of halogens is 2. The van der Waals surface area contributed by atoms with Gasteiger partial charge in [-0.05, 0) is 18.9 Å². The molecule has 1 atom stereocenters. The first-order chi connectivity index (χ1) is 9.88. The number of nitrogens with one attached hydrogen (secondary N) is 1. The van der Waals surface area contributed by atoms with Crippen LogP contribution in [0, 0.1) is 5.92 Å². The summed E-state index contributed by atoms with van der Waals surface area (Å²) in [7, 11) is 0. The molecule has 0 aromatic carbocycles. The van der Waals surface area contributed by atoms with Crippen LogP contribution >= 0.6 is 35.0 Å². The Bertz CT molecular complexity index is 659. The monoisotopic (exact) mass is 346 g/mol. The molecule has 0 aliphatic carbocycles. The van der Waals surface area contributed by atoms with Crippen molar-refractivity contribution in [3.8, 4) is 0 Å². The third-order valence-corrected chi connectivity index (χ3v) is 4.27. The summed E-state index contributed by atoms with van der Waals surface area (Å²) in [6.45, 7) is 6.58. The van der Waals surface area contributed by atoms with E-state index in [9.17, 15) is 4.79 Å². The molecule has 0 saturated carbocycles. The predicted octanol–water partition coefficient (Wildman–Crippen LogP) is 3.29. The van der Waals surface area contributed by atoms with E-state index in [0.29, 0.717) is 33.3 Å². The number of hydrogen-bond acceptors (Lipinski definition) is 4. The summed E-state index contributed by atoms with van der Waals surface area (Å²) in [4.78, 5) is 12.0. The number of rotatable bonds is 5. The number of fused-ring (bicyclic) bond motifs is 1. The first-order valence-corrected chi connectivity index (χ1v) is 8.16. The van der Waals surface area contributed by atoms with Crippen LogP contribution in [0.1, 0.15) is 20.8 Å². The van der Waals surface area contributed by atoms with E-state index in [2.05, 4.69) is 15.5 Å². The second kappa shape index (κ2) is 6.85. The molecular weight excluding hydrogens is 331 g/mol. The number of carbonyl (C=O) groups is 1. The van der Waals surface area contributed by atoms with E-state index in [0.717, 1.165) is 0 Å². The lowest BCUT2D eigenvalue weighted by molar-refractivity contribution is -0.120. The molecule has 0 bridgehead atoms. The van der Waals surface area contributed by atoms with Gasteiger partial charge in [0.05, 0.1) is 15.3 Å². The lowest BCUT2D eigenvalue weighted by atomic mass is 10.2. The van der Waals surface area contributed by atoms with Gasteiger partial charge >= 0.3 is 0 Å². The molecule has 0 saturated heterocycles. The van der Waals surface area contributed by atoms with Crippen molar-refractivity contribution >= 4 is 46.5 Å². The van der Waals surface area contributed by atoms with Gasteiger partial charge in [-0.3, -0.25) is 9.20 Å². The minimum atomic E-state index is -0.283. The van der Waals surface area contributed by atoms with Crippen LogP contribution in [0.3, 0.4) is 0 Å². The topological polar surface area (TPSA) is 59.3 Å². The van der Waals surface area contributed by atoms with E-state index in [4.69, 9.17) is 23.2 Å². The van der Waals surface area contributed by atoms with Crippen LogP contribution < -0.4 is 5.32 Å². The van der Waals surface area contributed by atoms with Crippen LogP contribution in [0.15, 0.2) is 17.4 Å². The molecule has 1 amide bonds. The van der Waals surface area contributed by atoms with Crippen molar-refractivity contribution in [2.45, 2.75) is 31.2 Å². The van der Waals surface area contributed by atoms with Crippen molar-refractivity contribution < 1.29 is 4.79 Å². The van der Waals surface area contributed by atoms with Crippen LogP contribution in [0.4, 0.5) is 0 Å². The number of carbonyl (C=O) groups excluding carboxylic acids is 1. The molecule has 8 heteroatoms. The van der Waals surface area contributed by atoms with Gasteiger partial charge in [-0.2, -0.15) is 0 Å². The van der Waals surface area contributed by atoms with E-state index in [1.165, 1.54) is 11.8 Å². The highest BCUT2D eigenvalue weighted by molar-refractivity contribution is 8.00. The van der Waals surface area contributed by atoms with Gasteiger partial charge in [0.25, 0.3) is 0 Å². The van der Waals surface area contributed by atoms with Crippen molar-refractivity contribution in [2.75, 3.05) is 6.54 Å². The van der Waals surface area contributed by atoms with Gasteiger partial charge in [0.2, 0.25) is 5.91 Å². The minimum Gasteiger partial charge on any atom is -0.355 e. The molecule has 2 aromatic heterocycles. The van der Waals surface area contributed by atoms with Crippen molar-refractivity contribution in [2.24, 2.45) is 5.92 Å². The van der Waals surface area contributed by atoms with Crippen LogP contribution in [0.25, 0.3) is 5.65 Å². The zero-order valence-corrected chi connectivity index (χ0v) is 14.3. The number of pyridine rings is 1. The van der Waals surface area contributed by atoms with E-state index in [-0.39, 0.29) is 11.2 Å². The van der Waals surface area contributed by atoms with Gasteiger partial charge in [0.15, 0.2) is 10.8 Å². The Morgan fingerprint density at radius 2 is 2.10 bits per heavy atom. The summed E-state index contributed by atoms with van der Waals surface area (Å²) in [5.41, 5.74) is 0.526. The number of aromatic nitrogens is 3. The lowest BCUT2D eigenvalue weighted by Gasteiger charge is -2.12. The third-order valence-electron chi connectivity index (χ3n) is 2.73. The van der Waals surface area contributed by atoms with E-state index >= 15 is 0 Å². The zero-order valence-electron chi connectivity index (χ0n) is 11.9. The second-order valence-corrected chi connectivity index (χ2v) is 7.23. The fraction of sp³-hybridized carbons (Fsp3) is 0.462. The number of amides is 1. The van der Waals surface area contributed by atoms with Crippen LogP contribution in [0.2, 0.25) is 10.0 Å². The van der Waals surface area contributed by atoms with Crippen LogP contribution in [0.5, 0.6) is 0 Å². The molecule has 2 aromatic rings. The number of nitrogens with zero attached hydrogens (tertiary/aromatic N) is 3. The normalized spacial score (nSPS) is 12.9. The average Bonchev–Trinajstić information content (AvgIpc) is 2.79. The Labute approximate surface area is 137 Å². The van der Waals surface area contributed by atoms with Gasteiger partial charge in [0, 0.05) is 12.7 Å². The average molecular weight is 347 g/mol. The molecule has 2 heterocycles. The molecule has 0 fully saturated rings. The number of thioether (sulfide) groups is 1. The maximum Gasteiger partial charge on any atom is 0.233 e. The molecular formula is C13H16Cl2N4OS. The van der Waals surface area contributed by atoms with Gasteiger partial charge in [-0.15, -0.1) is 10.2 Å². The predicted molar refractivity (Wildman–Crippen MR) is 86.2 cm³/mol. The standard InChI is InChI=1S/C13H16Cl2N4OS/c1-7(2)5-16-12(20)8(3)21-13-18-17-11-10(15)4-9(14)6-19(11)13/h4,6-8H,5H2,1-3H3,(H,16,20). The summed E-state index contributed by atoms with van der Waals surface area (Å²) in [6, 6.07) is 1.61. The van der Waals surface area contributed by atoms with Crippen molar-refractivity contribution in [3.05, 3.63) is 22.3 Å². The first kappa shape index (κ1) is 16.4. The van der Waals surface area contributed by atoms with Crippen molar-refractivity contribution in [3.63, 3.8) is 0 Å². The fourth-order valence-electron chi connectivity index (χ4n) is 1.64. The maximum atomic E-state index is 12.0. The molecule has 1 unspecified atom stereocenters. The Morgan fingerprint density at radius 1 is 1.38 bits per heavy atom. The third kappa shape index (κ3) is 4.02. The quantitative estimate of drug-likeness (QED) is 0.844. The lowest BCUT2D eigenvalue weighted by Crippen LogP contribution is -2.33. The summed E-state index contributed by atoms with van der Waals surface area (Å²) in [5.74, 6) is 0.385. The summed E-state index contributed by atoms with van der Waals surface area (Å²) in [6.07, 6.45) is 1.68. The van der Waals surface area contributed by atoms with E-state index in [1.807, 2.05) is 20.8 Å². The van der Waals surface area contributed by atoms with Gasteiger partial charge in [0.1, 0.15) is 0 Å². The maximum absolute atomic E-state index is 12.0. The van der Waals surface area contributed by atoms with Gasteiger partial charge in [-0.1, -0.05) is 48.8 Å². The van der Waals surface area contributed by atoms with Crippen molar-refractivity contribution in [1.82, 2.24) is 19.9 Å². The van der Waals surface area contributed by atoms with E-state index < -0.39 is 0 Å². The molecule has 0 radical (unpaired) electrons. The molecule has 21 heavy (non-hydrogen) atoms. The summed E-state index contributed by atoms with van der Waals surface area (Å²) >= 11 is 13.4.